The maximum atomic E-state index is 12.4. The summed E-state index contributed by atoms with van der Waals surface area (Å²) < 4.78 is 4.60. The lowest BCUT2D eigenvalue weighted by Gasteiger charge is -2.32. The molecule has 0 heterocycles. The van der Waals surface area contributed by atoms with Gasteiger partial charge in [-0.25, -0.2) is 0 Å². The van der Waals surface area contributed by atoms with Gasteiger partial charge < -0.3 is 15.4 Å². The van der Waals surface area contributed by atoms with E-state index in [2.05, 4.69) is 4.74 Å². The van der Waals surface area contributed by atoms with Crippen LogP contribution in [0.5, 0.6) is 0 Å². The van der Waals surface area contributed by atoms with Crippen LogP contribution in [0.4, 0.5) is 0 Å². The fourth-order valence-electron chi connectivity index (χ4n) is 1.63. The number of amides is 1. The van der Waals surface area contributed by atoms with Gasteiger partial charge in [0, 0.05) is 13.1 Å². The first kappa shape index (κ1) is 17.9. The van der Waals surface area contributed by atoms with Gasteiger partial charge in [0.25, 0.3) is 0 Å². The van der Waals surface area contributed by atoms with Crippen LogP contribution in [-0.4, -0.2) is 43.0 Å². The maximum absolute atomic E-state index is 12.4. The minimum atomic E-state index is -0.566. The lowest BCUT2D eigenvalue weighted by molar-refractivity contribution is -0.142. The highest BCUT2D eigenvalue weighted by molar-refractivity contribution is 5.83. The molecule has 0 spiro atoms. The monoisotopic (exact) mass is 272 g/mol. The molecule has 0 aliphatic carbocycles. The highest BCUT2D eigenvalue weighted by Crippen LogP contribution is 2.19. The third kappa shape index (κ3) is 6.57. The molecule has 2 N–H and O–H groups in total. The van der Waals surface area contributed by atoms with Crippen LogP contribution in [0.2, 0.25) is 0 Å². The van der Waals surface area contributed by atoms with Crippen molar-refractivity contribution >= 4 is 11.9 Å². The van der Waals surface area contributed by atoms with E-state index in [1.807, 2.05) is 34.6 Å². The quantitative estimate of drug-likeness (QED) is 0.742. The zero-order chi connectivity index (χ0) is 15.2. The average molecular weight is 272 g/mol. The summed E-state index contributed by atoms with van der Waals surface area (Å²) in [4.78, 5) is 25.2. The van der Waals surface area contributed by atoms with Crippen molar-refractivity contribution in [2.24, 2.45) is 17.1 Å². The summed E-state index contributed by atoms with van der Waals surface area (Å²) >= 11 is 0. The van der Waals surface area contributed by atoms with E-state index in [9.17, 15) is 9.59 Å². The van der Waals surface area contributed by atoms with E-state index in [1.54, 1.807) is 4.90 Å². The topological polar surface area (TPSA) is 72.6 Å². The first-order valence-corrected chi connectivity index (χ1v) is 6.70. The molecule has 0 unspecified atom stereocenters. The number of ether oxygens (including phenoxy) is 1. The van der Waals surface area contributed by atoms with Crippen LogP contribution >= 0.6 is 0 Å². The molecule has 0 aromatic rings. The van der Waals surface area contributed by atoms with Crippen LogP contribution in [0.15, 0.2) is 0 Å². The molecular formula is C14H28N2O3. The summed E-state index contributed by atoms with van der Waals surface area (Å²) in [6, 6.07) is -0.566. The van der Waals surface area contributed by atoms with Gasteiger partial charge >= 0.3 is 5.97 Å². The molecule has 0 saturated heterocycles. The number of methoxy groups -OCH3 is 1. The second-order valence-electron chi connectivity index (χ2n) is 6.35. The Morgan fingerprint density at radius 2 is 1.79 bits per heavy atom. The number of nitrogens with two attached hydrogens (primary N) is 1. The van der Waals surface area contributed by atoms with Crippen LogP contribution in [-0.2, 0) is 14.3 Å². The van der Waals surface area contributed by atoms with Gasteiger partial charge in [-0.05, 0) is 11.3 Å². The number of carbonyl (C=O) groups is 2. The maximum Gasteiger partial charge on any atom is 0.307 e. The van der Waals surface area contributed by atoms with Crippen LogP contribution in [0.25, 0.3) is 0 Å². The lowest BCUT2D eigenvalue weighted by atomic mass is 9.86. The van der Waals surface area contributed by atoms with E-state index < -0.39 is 6.04 Å². The smallest absolute Gasteiger partial charge is 0.307 e. The lowest BCUT2D eigenvalue weighted by Crippen LogP contribution is -2.51. The van der Waals surface area contributed by atoms with E-state index >= 15 is 0 Å². The Balaban J connectivity index is 4.74. The minimum Gasteiger partial charge on any atom is -0.469 e. The standard InChI is InChI=1S/C14H28N2O3/c1-10(2)9-16(8-7-11(17)19-6)13(18)12(15)14(3,4)5/h10,12H,7-9,15H2,1-6H3/t12-/m1/s1. The van der Waals surface area contributed by atoms with E-state index in [1.165, 1.54) is 7.11 Å². The third-order valence-corrected chi connectivity index (χ3v) is 2.91. The van der Waals surface area contributed by atoms with Crippen molar-refractivity contribution in [2.75, 3.05) is 20.2 Å². The highest BCUT2D eigenvalue weighted by atomic mass is 16.5. The molecule has 1 amide bonds. The van der Waals surface area contributed by atoms with Crippen LogP contribution < -0.4 is 5.73 Å². The fourth-order valence-corrected chi connectivity index (χ4v) is 1.63. The third-order valence-electron chi connectivity index (χ3n) is 2.91. The molecule has 0 radical (unpaired) electrons. The Hall–Kier alpha value is -1.10. The predicted molar refractivity (Wildman–Crippen MR) is 75.5 cm³/mol. The second kappa shape index (κ2) is 7.48. The van der Waals surface area contributed by atoms with Crippen molar-refractivity contribution in [2.45, 2.75) is 47.1 Å². The number of carbonyl (C=O) groups excluding carboxylic acids is 2. The Morgan fingerprint density at radius 3 is 2.16 bits per heavy atom. The van der Waals surface area contributed by atoms with Crippen molar-refractivity contribution < 1.29 is 14.3 Å². The van der Waals surface area contributed by atoms with E-state index in [-0.39, 0.29) is 23.7 Å². The predicted octanol–water partition coefficient (Wildman–Crippen LogP) is 1.41. The summed E-state index contributed by atoms with van der Waals surface area (Å²) in [7, 11) is 1.35. The van der Waals surface area contributed by atoms with Crippen molar-refractivity contribution in [3.8, 4) is 0 Å². The van der Waals surface area contributed by atoms with Crippen LogP contribution in [0.3, 0.4) is 0 Å². The molecule has 0 aromatic heterocycles. The summed E-state index contributed by atoms with van der Waals surface area (Å²) in [5.74, 6) is -0.0928. The SMILES string of the molecule is COC(=O)CCN(CC(C)C)C(=O)[C@@H](N)C(C)(C)C. The van der Waals surface area contributed by atoms with Crippen LogP contribution in [0.1, 0.15) is 41.0 Å². The summed E-state index contributed by atoms with van der Waals surface area (Å²) in [6.07, 6.45) is 0.200. The first-order chi connectivity index (χ1) is 8.59. The van der Waals surface area contributed by atoms with Crippen molar-refractivity contribution in [3.63, 3.8) is 0 Å². The summed E-state index contributed by atoms with van der Waals surface area (Å²) in [5, 5.41) is 0. The molecular weight excluding hydrogens is 244 g/mol. The van der Waals surface area contributed by atoms with Gasteiger partial charge in [0.15, 0.2) is 0 Å². The summed E-state index contributed by atoms with van der Waals surface area (Å²) in [5.41, 5.74) is 5.71. The van der Waals surface area contributed by atoms with Gasteiger partial charge in [-0.2, -0.15) is 0 Å². The Labute approximate surface area is 116 Å². The van der Waals surface area contributed by atoms with Gasteiger partial charge in [0.2, 0.25) is 5.91 Å². The molecule has 112 valence electrons. The van der Waals surface area contributed by atoms with Gasteiger partial charge in [-0.1, -0.05) is 34.6 Å². The number of hydrogen-bond acceptors (Lipinski definition) is 4. The average Bonchev–Trinajstić information content (AvgIpc) is 2.30. The highest BCUT2D eigenvalue weighted by Gasteiger charge is 2.31. The zero-order valence-electron chi connectivity index (χ0n) is 13.0. The van der Waals surface area contributed by atoms with E-state index in [0.717, 1.165) is 0 Å². The molecule has 0 saturated carbocycles. The van der Waals surface area contributed by atoms with Gasteiger partial charge in [0.1, 0.15) is 0 Å². The Kier molecular flexibility index (Phi) is 7.05. The Bertz CT molecular complexity index is 308. The van der Waals surface area contributed by atoms with Gasteiger partial charge in [-0.3, -0.25) is 9.59 Å². The van der Waals surface area contributed by atoms with Crippen molar-refractivity contribution in [3.05, 3.63) is 0 Å². The van der Waals surface area contributed by atoms with E-state index in [0.29, 0.717) is 19.0 Å². The molecule has 19 heavy (non-hydrogen) atoms. The van der Waals surface area contributed by atoms with Gasteiger partial charge in [0.05, 0.1) is 19.6 Å². The van der Waals surface area contributed by atoms with Crippen LogP contribution in [0, 0.1) is 11.3 Å². The van der Waals surface area contributed by atoms with E-state index in [4.69, 9.17) is 5.73 Å². The number of nitrogens with zero attached hydrogens (tertiary/aromatic N) is 1. The normalized spacial score (nSPS) is 13.3. The largest absolute Gasteiger partial charge is 0.469 e. The molecule has 0 aliphatic rings. The van der Waals surface area contributed by atoms with Crippen molar-refractivity contribution in [1.82, 2.24) is 4.90 Å². The number of esters is 1. The van der Waals surface area contributed by atoms with Crippen molar-refractivity contribution in [1.29, 1.82) is 0 Å². The number of hydrogen-bond donors (Lipinski definition) is 1. The molecule has 0 bridgehead atoms. The molecule has 0 rings (SSSR count). The fraction of sp³-hybridized carbons (Fsp3) is 0.857. The molecule has 1 atom stereocenters. The second-order valence-corrected chi connectivity index (χ2v) is 6.35. The molecule has 0 fully saturated rings. The summed E-state index contributed by atoms with van der Waals surface area (Å²) in [6.45, 7) is 10.8. The minimum absolute atomic E-state index is 0.106. The molecule has 0 aromatic carbocycles. The molecule has 5 nitrogen and oxygen atoms in total. The number of rotatable bonds is 6. The molecule has 0 aliphatic heterocycles. The Morgan fingerprint density at radius 1 is 1.26 bits per heavy atom. The molecule has 5 heteroatoms. The zero-order valence-corrected chi connectivity index (χ0v) is 13.0. The first-order valence-electron chi connectivity index (χ1n) is 6.70. The van der Waals surface area contributed by atoms with Gasteiger partial charge in [-0.15, -0.1) is 0 Å².